The molecule has 194 valence electrons. The van der Waals surface area contributed by atoms with E-state index in [1.807, 2.05) is 42.3 Å². The molecule has 1 heterocycles. The van der Waals surface area contributed by atoms with Gasteiger partial charge in [0.2, 0.25) is 5.78 Å². The molecule has 0 amide bonds. The van der Waals surface area contributed by atoms with Crippen LogP contribution in [-0.2, 0) is 0 Å². The van der Waals surface area contributed by atoms with E-state index in [1.165, 1.54) is 6.07 Å². The van der Waals surface area contributed by atoms with Crippen LogP contribution in [0.5, 0.6) is 0 Å². The molecule has 1 aliphatic rings. The van der Waals surface area contributed by atoms with E-state index in [0.717, 1.165) is 37.1 Å². The Morgan fingerprint density at radius 3 is 2.19 bits per heavy atom. The molecule has 2 N–H and O–H groups in total. The van der Waals surface area contributed by atoms with E-state index in [4.69, 9.17) is 11.6 Å². The predicted molar refractivity (Wildman–Crippen MR) is 149 cm³/mol. The summed E-state index contributed by atoms with van der Waals surface area (Å²) in [5.41, 5.74) is 3.24. The van der Waals surface area contributed by atoms with Crippen LogP contribution in [0.3, 0.4) is 0 Å². The Morgan fingerprint density at radius 1 is 0.973 bits per heavy atom. The number of carbonyl (C=O) groups is 2. The van der Waals surface area contributed by atoms with Crippen molar-refractivity contribution in [2.45, 2.75) is 52.5 Å². The quantitative estimate of drug-likeness (QED) is 0.315. The summed E-state index contributed by atoms with van der Waals surface area (Å²) in [6.07, 6.45) is 5.87. The van der Waals surface area contributed by atoms with Crippen LogP contribution in [0.25, 0.3) is 0 Å². The standard InChI is InChI=1S/C30H34ClN3O3/c1-30(2,3)20-6-10-22(11-7-20)33-26-15-5-19(17-25(26)29(36)37)28(35)27-16-14-24(18-32-27)34(4)23-12-8-21(31)9-13-23/h5,8-9,12-18,20,22,33H,6-7,10-11H2,1-4H3,(H,36,37). The van der Waals surface area contributed by atoms with Gasteiger partial charge in [0.1, 0.15) is 5.69 Å². The van der Waals surface area contributed by atoms with Crippen LogP contribution in [0.1, 0.15) is 72.9 Å². The average Bonchev–Trinajstić information content (AvgIpc) is 2.88. The van der Waals surface area contributed by atoms with Gasteiger partial charge in [-0.15, -0.1) is 0 Å². The van der Waals surface area contributed by atoms with Gasteiger partial charge in [0.15, 0.2) is 0 Å². The number of nitrogens with one attached hydrogen (secondary N) is 1. The molecule has 1 aliphatic carbocycles. The lowest BCUT2D eigenvalue weighted by Gasteiger charge is -2.37. The highest BCUT2D eigenvalue weighted by Crippen LogP contribution is 2.38. The number of halogens is 1. The van der Waals surface area contributed by atoms with Crippen molar-refractivity contribution in [3.8, 4) is 0 Å². The molecular weight excluding hydrogens is 486 g/mol. The van der Waals surface area contributed by atoms with Crippen LogP contribution in [0.4, 0.5) is 17.1 Å². The van der Waals surface area contributed by atoms with E-state index >= 15 is 0 Å². The molecule has 37 heavy (non-hydrogen) atoms. The molecule has 0 spiro atoms. The lowest BCUT2D eigenvalue weighted by molar-refractivity contribution is 0.0698. The van der Waals surface area contributed by atoms with Gasteiger partial charge in [-0.05, 0) is 91.6 Å². The average molecular weight is 520 g/mol. The maximum Gasteiger partial charge on any atom is 0.337 e. The van der Waals surface area contributed by atoms with Gasteiger partial charge in [-0.1, -0.05) is 32.4 Å². The molecule has 0 radical (unpaired) electrons. The zero-order valence-corrected chi connectivity index (χ0v) is 22.5. The maximum absolute atomic E-state index is 13.1. The number of pyridine rings is 1. The van der Waals surface area contributed by atoms with Crippen LogP contribution in [0.2, 0.25) is 5.02 Å². The van der Waals surface area contributed by atoms with E-state index < -0.39 is 5.97 Å². The molecule has 0 bridgehead atoms. The summed E-state index contributed by atoms with van der Waals surface area (Å²) in [4.78, 5) is 31.5. The fourth-order valence-corrected chi connectivity index (χ4v) is 5.12. The number of carboxylic acid groups (broad SMARTS) is 1. The van der Waals surface area contributed by atoms with Gasteiger partial charge in [0.05, 0.1) is 17.4 Å². The first kappa shape index (κ1) is 26.7. The van der Waals surface area contributed by atoms with Gasteiger partial charge in [0, 0.05) is 35.1 Å². The topological polar surface area (TPSA) is 82.5 Å². The molecule has 1 fully saturated rings. The molecular formula is C30H34ClN3O3. The third-order valence-electron chi connectivity index (χ3n) is 7.41. The highest BCUT2D eigenvalue weighted by molar-refractivity contribution is 6.30. The molecule has 7 heteroatoms. The zero-order valence-electron chi connectivity index (χ0n) is 21.8. The van der Waals surface area contributed by atoms with Crippen molar-refractivity contribution >= 4 is 40.4 Å². The summed E-state index contributed by atoms with van der Waals surface area (Å²) in [5, 5.41) is 13.9. The van der Waals surface area contributed by atoms with Gasteiger partial charge < -0.3 is 15.3 Å². The van der Waals surface area contributed by atoms with Gasteiger partial charge in [-0.25, -0.2) is 4.79 Å². The maximum atomic E-state index is 13.1. The first-order valence-corrected chi connectivity index (χ1v) is 13.0. The Bertz CT molecular complexity index is 1260. The fourth-order valence-electron chi connectivity index (χ4n) is 4.99. The largest absolute Gasteiger partial charge is 0.478 e. The van der Waals surface area contributed by atoms with Crippen LogP contribution < -0.4 is 10.2 Å². The van der Waals surface area contributed by atoms with Crippen molar-refractivity contribution in [1.82, 2.24) is 4.98 Å². The van der Waals surface area contributed by atoms with Crippen molar-refractivity contribution in [2.24, 2.45) is 11.3 Å². The Hall–Kier alpha value is -3.38. The second-order valence-electron chi connectivity index (χ2n) is 10.9. The Labute approximate surface area is 223 Å². The molecule has 0 saturated heterocycles. The van der Waals surface area contributed by atoms with Crippen molar-refractivity contribution < 1.29 is 14.7 Å². The summed E-state index contributed by atoms with van der Waals surface area (Å²) >= 11 is 5.98. The number of carbonyl (C=O) groups excluding carboxylic acids is 1. The Kier molecular flexibility index (Phi) is 7.88. The van der Waals surface area contributed by atoms with Crippen LogP contribution in [0, 0.1) is 11.3 Å². The minimum absolute atomic E-state index is 0.0999. The number of benzene rings is 2. The number of hydrogen-bond donors (Lipinski definition) is 2. The van der Waals surface area contributed by atoms with Gasteiger partial charge >= 0.3 is 5.97 Å². The molecule has 3 aromatic rings. The highest BCUT2D eigenvalue weighted by atomic mass is 35.5. The number of nitrogens with zero attached hydrogens (tertiary/aromatic N) is 2. The second-order valence-corrected chi connectivity index (χ2v) is 11.3. The first-order chi connectivity index (χ1) is 17.5. The third kappa shape index (κ3) is 6.31. The minimum Gasteiger partial charge on any atom is -0.478 e. The summed E-state index contributed by atoms with van der Waals surface area (Å²) in [6, 6.07) is 16.0. The van der Waals surface area contributed by atoms with E-state index in [2.05, 4.69) is 31.1 Å². The van der Waals surface area contributed by atoms with Crippen molar-refractivity contribution in [3.63, 3.8) is 0 Å². The highest BCUT2D eigenvalue weighted by Gasteiger charge is 2.30. The monoisotopic (exact) mass is 519 g/mol. The lowest BCUT2D eigenvalue weighted by atomic mass is 9.71. The van der Waals surface area contributed by atoms with Crippen LogP contribution >= 0.6 is 11.6 Å². The molecule has 0 aliphatic heterocycles. The van der Waals surface area contributed by atoms with Crippen molar-refractivity contribution in [3.05, 3.63) is 82.6 Å². The number of anilines is 3. The number of hydrogen-bond acceptors (Lipinski definition) is 5. The van der Waals surface area contributed by atoms with Gasteiger partial charge in [0.25, 0.3) is 0 Å². The lowest BCUT2D eigenvalue weighted by Crippen LogP contribution is -2.32. The fraction of sp³-hybridized carbons (Fsp3) is 0.367. The smallest absolute Gasteiger partial charge is 0.337 e. The molecule has 6 nitrogen and oxygen atoms in total. The SMILES string of the molecule is CN(c1ccc(Cl)cc1)c1ccc(C(=O)c2ccc(NC3CCC(C(C)(C)C)CC3)c(C(=O)O)c2)nc1. The van der Waals surface area contributed by atoms with Crippen LogP contribution in [-0.4, -0.2) is 34.9 Å². The third-order valence-corrected chi connectivity index (χ3v) is 7.66. The molecule has 1 saturated carbocycles. The van der Waals surface area contributed by atoms with E-state index in [0.29, 0.717) is 22.2 Å². The molecule has 2 aromatic carbocycles. The number of aromatic carboxylic acids is 1. The second kappa shape index (κ2) is 10.9. The summed E-state index contributed by atoms with van der Waals surface area (Å²) in [5.74, 6) is -0.705. The predicted octanol–water partition coefficient (Wildman–Crippen LogP) is 7.45. The Morgan fingerprint density at radius 2 is 1.62 bits per heavy atom. The molecule has 1 aromatic heterocycles. The summed E-state index contributed by atoms with van der Waals surface area (Å²) in [6.45, 7) is 6.85. The molecule has 4 rings (SSSR count). The number of aromatic nitrogens is 1. The van der Waals surface area contributed by atoms with Gasteiger partial charge in [-0.3, -0.25) is 9.78 Å². The minimum atomic E-state index is -1.06. The number of rotatable bonds is 7. The first-order valence-electron chi connectivity index (χ1n) is 12.7. The van der Waals surface area contributed by atoms with E-state index in [9.17, 15) is 14.7 Å². The van der Waals surface area contributed by atoms with Crippen LogP contribution in [0.15, 0.2) is 60.8 Å². The number of carboxylic acids is 1. The van der Waals surface area contributed by atoms with Crippen molar-refractivity contribution in [2.75, 3.05) is 17.3 Å². The zero-order chi connectivity index (χ0) is 26.7. The van der Waals surface area contributed by atoms with E-state index in [-0.39, 0.29) is 28.5 Å². The number of ketones is 1. The van der Waals surface area contributed by atoms with Crippen molar-refractivity contribution in [1.29, 1.82) is 0 Å². The molecule has 0 unspecified atom stereocenters. The molecule has 0 atom stereocenters. The van der Waals surface area contributed by atoms with Gasteiger partial charge in [-0.2, -0.15) is 0 Å². The normalized spacial score (nSPS) is 17.8. The van der Waals surface area contributed by atoms with E-state index in [1.54, 1.807) is 24.4 Å². The Balaban J connectivity index is 1.47. The summed E-state index contributed by atoms with van der Waals surface area (Å²) in [7, 11) is 1.90. The summed E-state index contributed by atoms with van der Waals surface area (Å²) < 4.78 is 0.